The van der Waals surface area contributed by atoms with Crippen molar-refractivity contribution in [1.82, 2.24) is 14.8 Å². The third-order valence-corrected chi connectivity index (χ3v) is 5.77. The molecule has 0 atom stereocenters. The minimum atomic E-state index is -0.143. The quantitative estimate of drug-likeness (QED) is 0.755. The normalized spacial score (nSPS) is 13.6. The Kier molecular flexibility index (Phi) is 6.39. The molecule has 0 radical (unpaired) electrons. The van der Waals surface area contributed by atoms with Crippen LogP contribution in [-0.2, 0) is 22.6 Å². The minimum Gasteiger partial charge on any atom is -0.338 e. The number of hydrogen-bond acceptors (Lipinski definition) is 5. The molecule has 6 nitrogen and oxygen atoms in total. The number of halogens is 1. The summed E-state index contributed by atoms with van der Waals surface area (Å²) in [7, 11) is 1.84. The number of carbonyl (C=O) groups excluding carboxylic acids is 2. The number of pyridine rings is 1. The number of anilines is 1. The molecule has 1 aliphatic heterocycles. The van der Waals surface area contributed by atoms with Crippen LogP contribution in [-0.4, -0.2) is 53.3 Å². The summed E-state index contributed by atoms with van der Waals surface area (Å²) in [4.78, 5) is 33.8. The monoisotopic (exact) mass is 436 g/mol. The van der Waals surface area contributed by atoms with Crippen LogP contribution in [0, 0.1) is 0 Å². The maximum Gasteiger partial charge on any atom is 0.239 e. The molecule has 3 rings (SSSR count). The van der Waals surface area contributed by atoms with Crippen LogP contribution in [0.25, 0.3) is 0 Å². The van der Waals surface area contributed by atoms with Gasteiger partial charge in [-0.3, -0.25) is 14.5 Å². The van der Waals surface area contributed by atoms with Crippen molar-refractivity contribution in [2.75, 3.05) is 32.0 Å². The van der Waals surface area contributed by atoms with E-state index in [-0.39, 0.29) is 18.4 Å². The first-order valence-corrected chi connectivity index (χ1v) is 10.1. The summed E-state index contributed by atoms with van der Waals surface area (Å²) in [6.45, 7) is 2.26. The molecule has 1 aliphatic rings. The highest BCUT2D eigenvalue weighted by molar-refractivity contribution is 9.10. The first-order valence-electron chi connectivity index (χ1n) is 8.44. The zero-order valence-corrected chi connectivity index (χ0v) is 17.0. The molecule has 8 heteroatoms. The lowest BCUT2D eigenvalue weighted by Crippen LogP contribution is -2.38. The van der Waals surface area contributed by atoms with E-state index in [1.165, 1.54) is 10.4 Å². The Hall–Kier alpha value is -1.77. The molecule has 0 aromatic carbocycles. The van der Waals surface area contributed by atoms with E-state index in [0.29, 0.717) is 25.3 Å². The molecule has 0 bridgehead atoms. The van der Waals surface area contributed by atoms with E-state index in [1.54, 1.807) is 23.6 Å². The van der Waals surface area contributed by atoms with Crippen LogP contribution < -0.4 is 5.32 Å². The third kappa shape index (κ3) is 5.12. The summed E-state index contributed by atoms with van der Waals surface area (Å²) < 4.78 is 0.860. The van der Waals surface area contributed by atoms with E-state index in [2.05, 4.69) is 37.7 Å². The van der Waals surface area contributed by atoms with Crippen molar-refractivity contribution >= 4 is 44.9 Å². The molecule has 0 aliphatic carbocycles. The maximum atomic E-state index is 12.4. The molecule has 2 amide bonds. The van der Waals surface area contributed by atoms with Crippen LogP contribution in [0.1, 0.15) is 16.9 Å². The fourth-order valence-electron chi connectivity index (χ4n) is 2.86. The molecule has 1 N–H and O–H groups in total. The molecule has 0 saturated carbocycles. The van der Waals surface area contributed by atoms with Gasteiger partial charge in [0.1, 0.15) is 5.82 Å². The van der Waals surface area contributed by atoms with Crippen molar-refractivity contribution in [2.45, 2.75) is 19.4 Å². The van der Waals surface area contributed by atoms with E-state index in [4.69, 9.17) is 0 Å². The minimum absolute atomic E-state index is 0.142. The molecule has 138 valence electrons. The van der Waals surface area contributed by atoms with Crippen molar-refractivity contribution in [3.63, 3.8) is 0 Å². The topological polar surface area (TPSA) is 65.5 Å². The lowest BCUT2D eigenvalue weighted by Gasteiger charge is -2.27. The van der Waals surface area contributed by atoms with Crippen molar-refractivity contribution in [1.29, 1.82) is 0 Å². The number of fused-ring (bicyclic) bond motifs is 1. The highest BCUT2D eigenvalue weighted by Crippen LogP contribution is 2.24. The number of hydrogen-bond donors (Lipinski definition) is 1. The molecular formula is C18H21BrN4O2S. The lowest BCUT2D eigenvalue weighted by atomic mass is 10.1. The Bertz CT molecular complexity index is 778. The van der Waals surface area contributed by atoms with Gasteiger partial charge in [0.15, 0.2) is 0 Å². The zero-order chi connectivity index (χ0) is 18.5. The zero-order valence-electron chi connectivity index (χ0n) is 14.6. The molecule has 2 aromatic heterocycles. The van der Waals surface area contributed by atoms with E-state index in [9.17, 15) is 9.59 Å². The summed E-state index contributed by atoms with van der Waals surface area (Å²) in [5.41, 5.74) is 1.27. The Morgan fingerprint density at radius 1 is 1.38 bits per heavy atom. The molecular weight excluding hydrogens is 416 g/mol. The Labute approximate surface area is 165 Å². The second-order valence-electron chi connectivity index (χ2n) is 6.33. The van der Waals surface area contributed by atoms with Crippen molar-refractivity contribution in [2.24, 2.45) is 0 Å². The summed E-state index contributed by atoms with van der Waals surface area (Å²) in [5.74, 6) is 0.516. The average molecular weight is 437 g/mol. The van der Waals surface area contributed by atoms with Crippen molar-refractivity contribution in [3.05, 3.63) is 44.7 Å². The second-order valence-corrected chi connectivity index (χ2v) is 8.25. The van der Waals surface area contributed by atoms with Crippen LogP contribution in [0.5, 0.6) is 0 Å². The van der Waals surface area contributed by atoms with Gasteiger partial charge in [0.2, 0.25) is 11.8 Å². The summed E-state index contributed by atoms with van der Waals surface area (Å²) in [6.07, 6.45) is 2.99. The molecule has 26 heavy (non-hydrogen) atoms. The number of nitrogens with zero attached hydrogens (tertiary/aromatic N) is 3. The number of aromatic nitrogens is 1. The fraction of sp³-hybridized carbons (Fsp3) is 0.389. The second kappa shape index (κ2) is 8.75. The molecule has 0 spiro atoms. The van der Waals surface area contributed by atoms with Crippen LogP contribution in [0.2, 0.25) is 0 Å². The number of rotatable bonds is 6. The van der Waals surface area contributed by atoms with E-state index in [1.807, 2.05) is 22.9 Å². The van der Waals surface area contributed by atoms with Gasteiger partial charge in [-0.05, 0) is 58.5 Å². The molecule has 2 aromatic rings. The predicted octanol–water partition coefficient (Wildman–Crippen LogP) is 2.75. The van der Waals surface area contributed by atoms with Gasteiger partial charge in [0.05, 0.1) is 6.54 Å². The largest absolute Gasteiger partial charge is 0.338 e. The Morgan fingerprint density at radius 3 is 3.00 bits per heavy atom. The van der Waals surface area contributed by atoms with Gasteiger partial charge < -0.3 is 10.2 Å². The lowest BCUT2D eigenvalue weighted by molar-refractivity contribution is -0.132. The molecule has 0 unspecified atom stereocenters. The Balaban J connectivity index is 1.40. The van der Waals surface area contributed by atoms with Crippen molar-refractivity contribution < 1.29 is 9.59 Å². The standard InChI is InChI=1S/C18H21BrN4O2S/c1-22(12-17(24)21-16-3-2-14(19)10-20-16)7-5-18(25)23-8-4-15-13(11-23)6-9-26-15/h2-3,6,9-10H,4-5,7-8,11-12H2,1H3,(H,20,21,24). The van der Waals surface area contributed by atoms with Gasteiger partial charge in [-0.2, -0.15) is 0 Å². The van der Waals surface area contributed by atoms with Gasteiger partial charge >= 0.3 is 0 Å². The van der Waals surface area contributed by atoms with Gasteiger partial charge in [0.25, 0.3) is 0 Å². The number of carbonyl (C=O) groups is 2. The highest BCUT2D eigenvalue weighted by Gasteiger charge is 2.21. The van der Waals surface area contributed by atoms with E-state index in [0.717, 1.165) is 17.4 Å². The number of likely N-dealkylation sites (N-methyl/N-ethyl adjacent to an activating group) is 1. The van der Waals surface area contributed by atoms with Gasteiger partial charge in [-0.25, -0.2) is 4.98 Å². The summed E-state index contributed by atoms with van der Waals surface area (Å²) >= 11 is 5.07. The average Bonchev–Trinajstić information content (AvgIpc) is 3.09. The first-order chi connectivity index (χ1) is 12.5. The van der Waals surface area contributed by atoms with Gasteiger partial charge in [0, 0.05) is 41.6 Å². The maximum absolute atomic E-state index is 12.4. The molecule has 0 saturated heterocycles. The van der Waals surface area contributed by atoms with E-state index >= 15 is 0 Å². The smallest absolute Gasteiger partial charge is 0.239 e. The van der Waals surface area contributed by atoms with Crippen LogP contribution in [0.4, 0.5) is 5.82 Å². The highest BCUT2D eigenvalue weighted by atomic mass is 79.9. The molecule has 3 heterocycles. The number of thiophene rings is 1. The number of amides is 2. The fourth-order valence-corrected chi connectivity index (χ4v) is 3.99. The third-order valence-electron chi connectivity index (χ3n) is 4.28. The SMILES string of the molecule is CN(CCC(=O)N1CCc2sccc2C1)CC(=O)Nc1ccc(Br)cn1. The van der Waals surface area contributed by atoms with Crippen LogP contribution in [0.15, 0.2) is 34.2 Å². The Morgan fingerprint density at radius 2 is 2.23 bits per heavy atom. The summed E-state index contributed by atoms with van der Waals surface area (Å²) in [5, 5.41) is 4.84. The van der Waals surface area contributed by atoms with Gasteiger partial charge in [-0.1, -0.05) is 0 Å². The van der Waals surface area contributed by atoms with Crippen molar-refractivity contribution in [3.8, 4) is 0 Å². The predicted molar refractivity (Wildman–Crippen MR) is 106 cm³/mol. The molecule has 0 fully saturated rings. The number of nitrogens with one attached hydrogen (secondary N) is 1. The van der Waals surface area contributed by atoms with Crippen LogP contribution >= 0.6 is 27.3 Å². The van der Waals surface area contributed by atoms with E-state index < -0.39 is 0 Å². The summed E-state index contributed by atoms with van der Waals surface area (Å²) in [6, 6.07) is 5.66. The first kappa shape index (κ1) is 19.0. The van der Waals surface area contributed by atoms with Gasteiger partial charge in [-0.15, -0.1) is 11.3 Å². The van der Waals surface area contributed by atoms with Crippen LogP contribution in [0.3, 0.4) is 0 Å².